The molecule has 0 aliphatic heterocycles. The predicted molar refractivity (Wildman–Crippen MR) is 55.7 cm³/mol. The normalized spacial score (nSPS) is 10.6. The number of aromatic hydroxyl groups is 1. The molecule has 4 N–H and O–H groups in total. The number of benzene rings is 1. The van der Waals surface area contributed by atoms with Crippen LogP contribution in [0.3, 0.4) is 0 Å². The zero-order chi connectivity index (χ0) is 10.1. The van der Waals surface area contributed by atoms with Crippen molar-refractivity contribution in [2.24, 2.45) is 0 Å². The van der Waals surface area contributed by atoms with E-state index in [0.717, 1.165) is 17.6 Å². The summed E-state index contributed by atoms with van der Waals surface area (Å²) in [5.74, 6) is 0.0807. The van der Waals surface area contributed by atoms with Crippen molar-refractivity contribution < 1.29 is 5.11 Å². The summed E-state index contributed by atoms with van der Waals surface area (Å²) < 4.78 is 1.76. The molecule has 0 radical (unpaired) electrons. The molecular weight excluding hydrogens is 180 g/mol. The van der Waals surface area contributed by atoms with Gasteiger partial charge in [0.25, 0.3) is 0 Å². The third-order valence-corrected chi connectivity index (χ3v) is 2.02. The third-order valence-electron chi connectivity index (χ3n) is 2.02. The minimum Gasteiger partial charge on any atom is -0.506 e. The maximum absolute atomic E-state index is 9.43. The summed E-state index contributed by atoms with van der Waals surface area (Å²) in [6.45, 7) is 2.78. The van der Waals surface area contributed by atoms with Crippen LogP contribution in [0.25, 0.3) is 11.0 Å². The van der Waals surface area contributed by atoms with Gasteiger partial charge in [0.05, 0.1) is 16.7 Å². The Morgan fingerprint density at radius 2 is 2.36 bits per heavy atom. The number of nitrogens with zero attached hydrogens (tertiary/aromatic N) is 2. The minimum absolute atomic E-state index is 0.0807. The number of phenolic OH excluding ortho intramolecular Hbond substituents is 1. The summed E-state index contributed by atoms with van der Waals surface area (Å²) in [5.41, 5.74) is 10.6. The van der Waals surface area contributed by atoms with Crippen molar-refractivity contribution in [2.75, 3.05) is 17.7 Å². The lowest BCUT2D eigenvalue weighted by molar-refractivity contribution is 0.478. The standard InChI is InChI=1S/C9H12N4O/c1-2-12-13-5-11-7-3-6(10)9(14)4-8(7)13/h3-5,12,14H,2,10H2,1H3. The number of aromatic nitrogens is 2. The molecule has 0 aliphatic rings. The Hall–Kier alpha value is -1.91. The van der Waals surface area contributed by atoms with Gasteiger partial charge in [-0.15, -0.1) is 0 Å². The molecule has 0 bridgehead atoms. The van der Waals surface area contributed by atoms with Crippen molar-refractivity contribution in [3.8, 4) is 5.75 Å². The van der Waals surface area contributed by atoms with Crippen LogP contribution in [0.2, 0.25) is 0 Å². The maximum Gasteiger partial charge on any atom is 0.140 e. The second kappa shape index (κ2) is 3.10. The monoisotopic (exact) mass is 192 g/mol. The minimum atomic E-state index is 0.0807. The van der Waals surface area contributed by atoms with E-state index in [1.54, 1.807) is 23.1 Å². The van der Waals surface area contributed by atoms with Crippen molar-refractivity contribution in [3.63, 3.8) is 0 Å². The van der Waals surface area contributed by atoms with E-state index in [0.29, 0.717) is 5.69 Å². The van der Waals surface area contributed by atoms with E-state index in [9.17, 15) is 5.11 Å². The fourth-order valence-electron chi connectivity index (χ4n) is 1.36. The molecule has 2 rings (SSSR count). The Morgan fingerprint density at radius 3 is 3.07 bits per heavy atom. The van der Waals surface area contributed by atoms with Gasteiger partial charge in [0.15, 0.2) is 0 Å². The fraction of sp³-hybridized carbons (Fsp3) is 0.222. The molecule has 14 heavy (non-hydrogen) atoms. The number of anilines is 1. The number of hydrogen-bond acceptors (Lipinski definition) is 4. The number of fused-ring (bicyclic) bond motifs is 1. The zero-order valence-corrected chi connectivity index (χ0v) is 7.86. The van der Waals surface area contributed by atoms with Crippen LogP contribution in [-0.4, -0.2) is 21.3 Å². The summed E-state index contributed by atoms with van der Waals surface area (Å²) in [7, 11) is 0. The van der Waals surface area contributed by atoms with Crippen LogP contribution < -0.4 is 11.2 Å². The Labute approximate surface area is 81.1 Å². The molecule has 0 spiro atoms. The van der Waals surface area contributed by atoms with Crippen molar-refractivity contribution in [3.05, 3.63) is 18.5 Å². The summed E-state index contributed by atoms with van der Waals surface area (Å²) in [4.78, 5) is 4.15. The van der Waals surface area contributed by atoms with Gasteiger partial charge in [0, 0.05) is 12.6 Å². The molecule has 5 heteroatoms. The summed E-state index contributed by atoms with van der Waals surface area (Å²) in [5, 5.41) is 9.43. The predicted octanol–water partition coefficient (Wildman–Crippen LogP) is 0.887. The lowest BCUT2D eigenvalue weighted by Crippen LogP contribution is -2.12. The highest BCUT2D eigenvalue weighted by Crippen LogP contribution is 2.25. The topological polar surface area (TPSA) is 76.1 Å². The molecule has 0 amide bonds. The average molecular weight is 192 g/mol. The van der Waals surface area contributed by atoms with Gasteiger partial charge in [-0.3, -0.25) is 0 Å². The Kier molecular flexibility index (Phi) is 1.92. The zero-order valence-electron chi connectivity index (χ0n) is 7.86. The number of nitrogen functional groups attached to an aromatic ring is 1. The van der Waals surface area contributed by atoms with Gasteiger partial charge in [-0.1, -0.05) is 0 Å². The van der Waals surface area contributed by atoms with E-state index in [1.807, 2.05) is 6.92 Å². The first-order valence-electron chi connectivity index (χ1n) is 4.41. The summed E-state index contributed by atoms with van der Waals surface area (Å²) in [6.07, 6.45) is 1.66. The molecular formula is C9H12N4O. The molecule has 0 saturated heterocycles. The SMILES string of the molecule is CCNn1cnc2cc(N)c(O)cc21. The van der Waals surface area contributed by atoms with Gasteiger partial charge >= 0.3 is 0 Å². The molecule has 1 aromatic carbocycles. The van der Waals surface area contributed by atoms with Gasteiger partial charge in [0.1, 0.15) is 12.1 Å². The van der Waals surface area contributed by atoms with E-state index in [2.05, 4.69) is 10.4 Å². The van der Waals surface area contributed by atoms with Gasteiger partial charge in [-0.05, 0) is 13.0 Å². The second-order valence-electron chi connectivity index (χ2n) is 3.03. The maximum atomic E-state index is 9.43. The molecule has 1 aromatic heterocycles. The van der Waals surface area contributed by atoms with Gasteiger partial charge in [-0.2, -0.15) is 0 Å². The molecule has 0 aliphatic carbocycles. The number of nitrogens with two attached hydrogens (primary N) is 1. The van der Waals surface area contributed by atoms with Gasteiger partial charge in [-0.25, -0.2) is 9.66 Å². The van der Waals surface area contributed by atoms with E-state index in [1.165, 1.54) is 0 Å². The van der Waals surface area contributed by atoms with Crippen LogP contribution in [0, 0.1) is 0 Å². The highest BCUT2D eigenvalue weighted by atomic mass is 16.3. The Bertz CT molecular complexity index is 463. The van der Waals surface area contributed by atoms with Crippen LogP contribution in [0.4, 0.5) is 5.69 Å². The van der Waals surface area contributed by atoms with Gasteiger partial charge < -0.3 is 16.3 Å². The van der Waals surface area contributed by atoms with E-state index >= 15 is 0 Å². The van der Waals surface area contributed by atoms with E-state index in [-0.39, 0.29) is 5.75 Å². The van der Waals surface area contributed by atoms with E-state index < -0.39 is 0 Å². The smallest absolute Gasteiger partial charge is 0.140 e. The first-order chi connectivity index (χ1) is 6.72. The quantitative estimate of drug-likeness (QED) is 0.488. The molecule has 74 valence electrons. The number of hydrogen-bond donors (Lipinski definition) is 3. The lowest BCUT2D eigenvalue weighted by Gasteiger charge is -2.05. The average Bonchev–Trinajstić information content (AvgIpc) is 2.51. The number of phenols is 1. The molecule has 0 atom stereocenters. The van der Waals surface area contributed by atoms with Crippen LogP contribution in [0.15, 0.2) is 18.5 Å². The third kappa shape index (κ3) is 1.22. The van der Waals surface area contributed by atoms with Crippen molar-refractivity contribution in [1.29, 1.82) is 0 Å². The summed E-state index contributed by atoms with van der Waals surface area (Å²) >= 11 is 0. The Morgan fingerprint density at radius 1 is 1.57 bits per heavy atom. The molecule has 2 aromatic rings. The van der Waals surface area contributed by atoms with Crippen LogP contribution >= 0.6 is 0 Å². The van der Waals surface area contributed by atoms with Crippen LogP contribution in [0.5, 0.6) is 5.75 Å². The van der Waals surface area contributed by atoms with Gasteiger partial charge in [0.2, 0.25) is 0 Å². The molecule has 5 nitrogen and oxygen atoms in total. The molecule has 0 unspecified atom stereocenters. The molecule has 0 fully saturated rings. The van der Waals surface area contributed by atoms with Crippen molar-refractivity contribution in [1.82, 2.24) is 9.66 Å². The Balaban J connectivity index is 2.61. The fourth-order valence-corrected chi connectivity index (χ4v) is 1.36. The molecule has 0 saturated carbocycles. The second-order valence-corrected chi connectivity index (χ2v) is 3.03. The number of nitrogens with one attached hydrogen (secondary N) is 1. The van der Waals surface area contributed by atoms with Crippen LogP contribution in [-0.2, 0) is 0 Å². The highest BCUT2D eigenvalue weighted by Gasteiger charge is 2.05. The molecule has 1 heterocycles. The number of imidazole rings is 1. The van der Waals surface area contributed by atoms with Crippen molar-refractivity contribution >= 4 is 16.7 Å². The first kappa shape index (κ1) is 8.68. The van der Waals surface area contributed by atoms with Crippen molar-refractivity contribution in [2.45, 2.75) is 6.92 Å². The summed E-state index contributed by atoms with van der Waals surface area (Å²) in [6, 6.07) is 3.25. The first-order valence-corrected chi connectivity index (χ1v) is 4.41. The van der Waals surface area contributed by atoms with Crippen LogP contribution in [0.1, 0.15) is 6.92 Å². The number of rotatable bonds is 2. The largest absolute Gasteiger partial charge is 0.506 e. The van der Waals surface area contributed by atoms with E-state index in [4.69, 9.17) is 5.73 Å². The lowest BCUT2D eigenvalue weighted by atomic mass is 10.2. The highest BCUT2D eigenvalue weighted by molar-refractivity contribution is 5.82.